The molecule has 1 unspecified atom stereocenters. The van der Waals surface area contributed by atoms with Crippen molar-refractivity contribution in [1.29, 1.82) is 0 Å². The molecule has 0 spiro atoms. The standard InChI is InChI=1S/C50H46N4O7/c55-29-46(53-47(56)44(27-32-15-3-1-4-16-32)51-49(58)60-30-42-38-23-11-7-19-34(38)35-20-8-12-24-39(35)42)54-48(57)45(28-33-17-5-2-6-18-33)52-50(59)61-31-43-40-25-13-9-21-36(40)37-22-10-14-26-41(37)43/h1-26,42-46,55H,27-31H2,(H,51,58)(H,52,59)(H,53,56)(H,54,57)/t44-,45+,46?. The zero-order valence-electron chi connectivity index (χ0n) is 33.3. The lowest BCUT2D eigenvalue weighted by Gasteiger charge is -2.26. The van der Waals surface area contributed by atoms with E-state index >= 15 is 0 Å². The summed E-state index contributed by atoms with van der Waals surface area (Å²) in [7, 11) is 0. The SMILES string of the molecule is O=C(N[C@@H](Cc1ccccc1)C(=O)NC(CO)NC(=O)[C@@H](Cc1ccccc1)NC(=O)OCC1c2ccccc2-c2ccccc21)OCC1c2ccccc2-c2ccccc21. The average molecular weight is 815 g/mol. The van der Waals surface area contributed by atoms with E-state index in [9.17, 15) is 24.3 Å². The summed E-state index contributed by atoms with van der Waals surface area (Å²) in [6.07, 6.45) is -2.66. The number of rotatable bonds is 15. The van der Waals surface area contributed by atoms with Crippen LogP contribution in [0, 0.1) is 0 Å². The number of carbonyl (C=O) groups excluding carboxylic acids is 4. The second kappa shape index (κ2) is 18.8. The number of fused-ring (bicyclic) bond motifs is 6. The third-order valence-electron chi connectivity index (χ3n) is 11.3. The maximum atomic E-state index is 13.9. The van der Waals surface area contributed by atoms with Crippen LogP contribution >= 0.6 is 0 Å². The molecule has 0 radical (unpaired) electrons. The molecular formula is C50H46N4O7. The van der Waals surface area contributed by atoms with Gasteiger partial charge in [0, 0.05) is 24.7 Å². The van der Waals surface area contributed by atoms with Crippen molar-refractivity contribution in [3.63, 3.8) is 0 Å². The first-order valence-electron chi connectivity index (χ1n) is 20.4. The van der Waals surface area contributed by atoms with Gasteiger partial charge in [-0.3, -0.25) is 9.59 Å². The highest BCUT2D eigenvalue weighted by Gasteiger charge is 2.33. The highest BCUT2D eigenvalue weighted by atomic mass is 16.6. The lowest BCUT2D eigenvalue weighted by atomic mass is 9.98. The van der Waals surface area contributed by atoms with Crippen molar-refractivity contribution in [3.05, 3.63) is 191 Å². The summed E-state index contributed by atoms with van der Waals surface area (Å²) in [4.78, 5) is 54.6. The normalized spacial score (nSPS) is 13.9. The fraction of sp³-hybridized carbons (Fsp3) is 0.200. The maximum absolute atomic E-state index is 13.9. The summed E-state index contributed by atoms with van der Waals surface area (Å²) in [5.74, 6) is -1.69. The highest BCUT2D eigenvalue weighted by molar-refractivity contribution is 5.89. The summed E-state index contributed by atoms with van der Waals surface area (Å²) in [6.45, 7) is -0.577. The third-order valence-corrected chi connectivity index (χ3v) is 11.3. The van der Waals surface area contributed by atoms with Gasteiger partial charge in [0.05, 0.1) is 6.61 Å². The molecule has 0 aliphatic heterocycles. The number of nitrogens with one attached hydrogen (secondary N) is 4. The number of hydrogen-bond donors (Lipinski definition) is 5. The quantitative estimate of drug-likeness (QED) is 0.0712. The van der Waals surface area contributed by atoms with E-state index < -0.39 is 48.9 Å². The van der Waals surface area contributed by atoms with Crippen molar-refractivity contribution in [3.8, 4) is 22.3 Å². The van der Waals surface area contributed by atoms with Gasteiger partial charge in [0.25, 0.3) is 0 Å². The molecule has 308 valence electrons. The number of hydrogen-bond acceptors (Lipinski definition) is 7. The largest absolute Gasteiger partial charge is 0.449 e. The van der Waals surface area contributed by atoms with Crippen LogP contribution in [0.15, 0.2) is 158 Å². The number of aliphatic hydroxyl groups excluding tert-OH is 1. The van der Waals surface area contributed by atoms with Crippen molar-refractivity contribution in [2.75, 3.05) is 19.8 Å². The summed E-state index contributed by atoms with van der Waals surface area (Å²) in [5, 5.41) is 21.2. The van der Waals surface area contributed by atoms with Gasteiger partial charge in [0.15, 0.2) is 0 Å². The average Bonchev–Trinajstić information content (AvgIpc) is 3.79. The smallest absolute Gasteiger partial charge is 0.407 e. The minimum atomic E-state index is -1.27. The van der Waals surface area contributed by atoms with Crippen LogP contribution in [0.25, 0.3) is 22.3 Å². The monoisotopic (exact) mass is 814 g/mol. The molecule has 0 aromatic heterocycles. The zero-order chi connectivity index (χ0) is 42.1. The van der Waals surface area contributed by atoms with Gasteiger partial charge in [0.1, 0.15) is 31.5 Å². The molecule has 2 aliphatic rings. The van der Waals surface area contributed by atoms with Gasteiger partial charge in [-0.05, 0) is 55.6 Å². The fourth-order valence-corrected chi connectivity index (χ4v) is 8.35. The first-order chi connectivity index (χ1) is 29.9. The van der Waals surface area contributed by atoms with Gasteiger partial charge in [-0.15, -0.1) is 0 Å². The number of amides is 4. The molecule has 3 atom stereocenters. The van der Waals surface area contributed by atoms with E-state index in [0.717, 1.165) is 55.6 Å². The molecule has 11 nitrogen and oxygen atoms in total. The van der Waals surface area contributed by atoms with Crippen LogP contribution in [-0.2, 0) is 31.9 Å². The van der Waals surface area contributed by atoms with Gasteiger partial charge in [-0.1, -0.05) is 158 Å². The molecule has 0 saturated heterocycles. The van der Waals surface area contributed by atoms with E-state index in [0.29, 0.717) is 0 Å². The van der Waals surface area contributed by atoms with Crippen molar-refractivity contribution in [2.24, 2.45) is 0 Å². The van der Waals surface area contributed by atoms with Crippen LogP contribution in [0.1, 0.15) is 45.2 Å². The van der Waals surface area contributed by atoms with E-state index in [2.05, 4.69) is 21.3 Å². The van der Waals surface area contributed by atoms with E-state index in [1.54, 1.807) is 0 Å². The van der Waals surface area contributed by atoms with Crippen molar-refractivity contribution >= 4 is 24.0 Å². The Morgan fingerprint density at radius 2 is 0.754 bits per heavy atom. The molecule has 0 fully saturated rings. The Bertz CT molecular complexity index is 2250. The Morgan fingerprint density at radius 1 is 0.443 bits per heavy atom. The van der Waals surface area contributed by atoms with Crippen LogP contribution < -0.4 is 21.3 Å². The maximum Gasteiger partial charge on any atom is 0.407 e. The van der Waals surface area contributed by atoms with Gasteiger partial charge < -0.3 is 35.8 Å². The Hall–Kier alpha value is -7.24. The number of ether oxygens (including phenoxy) is 2. The van der Waals surface area contributed by atoms with E-state index in [-0.39, 0.29) is 37.9 Å². The molecule has 6 aromatic rings. The van der Waals surface area contributed by atoms with Crippen molar-refractivity contribution in [1.82, 2.24) is 21.3 Å². The lowest BCUT2D eigenvalue weighted by Crippen LogP contribution is -2.59. The number of benzene rings is 6. The van der Waals surface area contributed by atoms with Crippen molar-refractivity contribution < 1.29 is 33.8 Å². The molecular weight excluding hydrogens is 769 g/mol. The molecule has 8 rings (SSSR count). The van der Waals surface area contributed by atoms with Crippen LogP contribution in [0.4, 0.5) is 9.59 Å². The van der Waals surface area contributed by atoms with Gasteiger partial charge in [-0.25, -0.2) is 9.59 Å². The molecule has 0 heterocycles. The van der Waals surface area contributed by atoms with E-state index in [1.165, 1.54) is 0 Å². The van der Waals surface area contributed by atoms with Crippen LogP contribution in [0.2, 0.25) is 0 Å². The molecule has 2 aliphatic carbocycles. The molecule has 4 amide bonds. The van der Waals surface area contributed by atoms with Crippen LogP contribution in [0.3, 0.4) is 0 Å². The molecule has 11 heteroatoms. The summed E-state index contributed by atoms with van der Waals surface area (Å²) >= 11 is 0. The van der Waals surface area contributed by atoms with Gasteiger partial charge in [-0.2, -0.15) is 0 Å². The Morgan fingerprint density at radius 3 is 1.08 bits per heavy atom. The minimum Gasteiger partial charge on any atom is -0.449 e. The molecule has 5 N–H and O–H groups in total. The summed E-state index contributed by atoms with van der Waals surface area (Å²) in [6, 6.07) is 48.0. The number of alkyl carbamates (subject to hydrolysis) is 2. The minimum absolute atomic E-state index is 0.0499. The predicted molar refractivity (Wildman–Crippen MR) is 231 cm³/mol. The Labute approximate surface area is 354 Å². The topological polar surface area (TPSA) is 155 Å². The fourth-order valence-electron chi connectivity index (χ4n) is 8.35. The van der Waals surface area contributed by atoms with Gasteiger partial charge >= 0.3 is 12.2 Å². The third kappa shape index (κ3) is 9.32. The number of carbonyl (C=O) groups is 4. The Balaban J connectivity index is 0.922. The molecule has 6 aromatic carbocycles. The summed E-state index contributed by atoms with van der Waals surface area (Å²) < 4.78 is 11.5. The van der Waals surface area contributed by atoms with E-state index in [4.69, 9.17) is 9.47 Å². The second-order valence-corrected chi connectivity index (χ2v) is 15.2. The first kappa shape index (κ1) is 40.5. The van der Waals surface area contributed by atoms with Crippen LogP contribution in [0.5, 0.6) is 0 Å². The van der Waals surface area contributed by atoms with E-state index in [1.807, 2.05) is 158 Å². The zero-order valence-corrected chi connectivity index (χ0v) is 33.3. The summed E-state index contributed by atoms with van der Waals surface area (Å²) in [5.41, 5.74) is 10.1. The lowest BCUT2D eigenvalue weighted by molar-refractivity contribution is -0.127. The van der Waals surface area contributed by atoms with Crippen molar-refractivity contribution in [2.45, 2.75) is 42.9 Å². The first-order valence-corrected chi connectivity index (χ1v) is 20.4. The molecule has 0 bridgehead atoms. The Kier molecular flexibility index (Phi) is 12.5. The number of aliphatic hydroxyl groups is 1. The molecule has 0 saturated carbocycles. The van der Waals surface area contributed by atoms with Gasteiger partial charge in [0.2, 0.25) is 11.8 Å². The highest BCUT2D eigenvalue weighted by Crippen LogP contribution is 2.45. The van der Waals surface area contributed by atoms with Crippen LogP contribution in [-0.4, -0.2) is 67.2 Å². The second-order valence-electron chi connectivity index (χ2n) is 15.2. The molecule has 61 heavy (non-hydrogen) atoms. The predicted octanol–water partition coefficient (Wildman–Crippen LogP) is 6.84.